The van der Waals surface area contributed by atoms with E-state index in [-0.39, 0.29) is 16.8 Å². The Morgan fingerprint density at radius 2 is 1.67 bits per heavy atom. The van der Waals surface area contributed by atoms with Gasteiger partial charge < -0.3 is 0 Å². The number of rotatable bonds is 3. The quantitative estimate of drug-likeness (QED) is 0.627. The van der Waals surface area contributed by atoms with Gasteiger partial charge in [0, 0.05) is 21.9 Å². The molecule has 0 radical (unpaired) electrons. The molecule has 0 spiro atoms. The number of non-ortho nitro benzene ring substituents is 1. The Balaban J connectivity index is 2.34. The zero-order chi connectivity index (χ0) is 15.4. The molecule has 0 aliphatic carbocycles. The number of nitro groups is 1. The molecule has 0 aromatic heterocycles. The third kappa shape index (κ3) is 3.32. The third-order valence-corrected chi connectivity index (χ3v) is 4.08. The summed E-state index contributed by atoms with van der Waals surface area (Å²) >= 11 is 7.35. The molecule has 5 nitrogen and oxygen atoms in total. The lowest BCUT2D eigenvalue weighted by Crippen LogP contribution is -1.88. The Hall–Kier alpha value is -2.54. The van der Waals surface area contributed by atoms with Crippen molar-refractivity contribution in [1.29, 1.82) is 10.5 Å². The van der Waals surface area contributed by atoms with Crippen molar-refractivity contribution in [1.82, 2.24) is 0 Å². The molecule has 0 atom stereocenters. The average molecular weight is 316 g/mol. The summed E-state index contributed by atoms with van der Waals surface area (Å²) in [5.74, 6) is 0. The fourth-order valence-electron chi connectivity index (χ4n) is 1.58. The predicted octanol–water partition coefficient (Wildman–Crippen LogP) is 4.14. The van der Waals surface area contributed by atoms with Crippen LogP contribution in [0, 0.1) is 32.8 Å². The van der Waals surface area contributed by atoms with Gasteiger partial charge in [-0.15, -0.1) is 0 Å². The molecule has 0 fully saturated rings. The van der Waals surface area contributed by atoms with Gasteiger partial charge in [0.1, 0.15) is 12.1 Å². The van der Waals surface area contributed by atoms with Crippen molar-refractivity contribution in [2.75, 3.05) is 0 Å². The molecule has 2 aromatic rings. The number of halogens is 1. The molecule has 0 N–H and O–H groups in total. The molecule has 0 heterocycles. The van der Waals surface area contributed by atoms with Crippen LogP contribution in [0.15, 0.2) is 46.2 Å². The zero-order valence-corrected chi connectivity index (χ0v) is 12.0. The number of hydrogen-bond donors (Lipinski definition) is 0. The highest BCUT2D eigenvalue weighted by Crippen LogP contribution is 2.35. The van der Waals surface area contributed by atoms with Gasteiger partial charge >= 0.3 is 0 Å². The van der Waals surface area contributed by atoms with Gasteiger partial charge in [0.05, 0.1) is 21.1 Å². The summed E-state index contributed by atoms with van der Waals surface area (Å²) in [5.41, 5.74) is 0.463. The van der Waals surface area contributed by atoms with Crippen LogP contribution in [-0.4, -0.2) is 4.92 Å². The highest BCUT2D eigenvalue weighted by molar-refractivity contribution is 7.99. The van der Waals surface area contributed by atoms with E-state index in [2.05, 4.69) is 0 Å². The maximum Gasteiger partial charge on any atom is 0.269 e. The Kier molecular flexibility index (Phi) is 4.44. The van der Waals surface area contributed by atoms with Gasteiger partial charge in [-0.3, -0.25) is 10.1 Å². The first-order valence-electron chi connectivity index (χ1n) is 5.61. The molecule has 0 bridgehead atoms. The van der Waals surface area contributed by atoms with Gasteiger partial charge in [-0.1, -0.05) is 23.4 Å². The summed E-state index contributed by atoms with van der Waals surface area (Å²) in [7, 11) is 0. The topological polar surface area (TPSA) is 90.7 Å². The van der Waals surface area contributed by atoms with Gasteiger partial charge in [-0.05, 0) is 24.3 Å². The van der Waals surface area contributed by atoms with Crippen LogP contribution in [0.5, 0.6) is 0 Å². The van der Waals surface area contributed by atoms with Gasteiger partial charge in [0.15, 0.2) is 0 Å². The molecule has 21 heavy (non-hydrogen) atoms. The van der Waals surface area contributed by atoms with Crippen LogP contribution < -0.4 is 0 Å². The fraction of sp³-hybridized carbons (Fsp3) is 0. The third-order valence-electron chi connectivity index (χ3n) is 2.59. The summed E-state index contributed by atoms with van der Waals surface area (Å²) in [6, 6.07) is 12.8. The molecule has 0 aliphatic rings. The smallest absolute Gasteiger partial charge is 0.258 e. The Bertz CT molecular complexity index is 792. The highest BCUT2D eigenvalue weighted by atomic mass is 35.5. The van der Waals surface area contributed by atoms with Crippen LogP contribution in [0.3, 0.4) is 0 Å². The second-order valence-electron chi connectivity index (χ2n) is 3.90. The number of benzene rings is 2. The molecule has 0 unspecified atom stereocenters. The van der Waals surface area contributed by atoms with Crippen molar-refractivity contribution in [3.8, 4) is 12.1 Å². The molecule has 0 saturated heterocycles. The molecule has 2 rings (SSSR count). The number of nitrogens with zero attached hydrogens (tertiary/aromatic N) is 3. The Labute approximate surface area is 129 Å². The lowest BCUT2D eigenvalue weighted by molar-refractivity contribution is -0.384. The van der Waals surface area contributed by atoms with Gasteiger partial charge in [-0.2, -0.15) is 10.5 Å². The van der Waals surface area contributed by atoms with Gasteiger partial charge in [0.25, 0.3) is 5.69 Å². The summed E-state index contributed by atoms with van der Waals surface area (Å²) < 4.78 is 0. The first kappa shape index (κ1) is 14.9. The molecule has 7 heteroatoms. The normalized spacial score (nSPS) is 9.67. The van der Waals surface area contributed by atoms with Crippen LogP contribution in [0.4, 0.5) is 5.69 Å². The standard InChI is InChI=1S/C14H6ClN3O2S/c15-13-5-9(7-16)10(8-17)6-14(13)21-12-3-1-11(2-4-12)18(19)20/h1-6H. The molecule has 102 valence electrons. The van der Waals surface area contributed by atoms with E-state index in [4.69, 9.17) is 22.1 Å². The van der Waals surface area contributed by atoms with Gasteiger partial charge in [0.2, 0.25) is 0 Å². The lowest BCUT2D eigenvalue weighted by atomic mass is 10.1. The zero-order valence-electron chi connectivity index (χ0n) is 10.4. The minimum Gasteiger partial charge on any atom is -0.258 e. The van der Waals surface area contributed by atoms with Crippen LogP contribution in [0.25, 0.3) is 0 Å². The number of nitro benzene ring substituents is 1. The van der Waals surface area contributed by atoms with Crippen molar-refractivity contribution < 1.29 is 4.92 Å². The van der Waals surface area contributed by atoms with Crippen LogP contribution in [-0.2, 0) is 0 Å². The Morgan fingerprint density at radius 1 is 1.10 bits per heavy atom. The summed E-state index contributed by atoms with van der Waals surface area (Å²) in [4.78, 5) is 11.5. The van der Waals surface area contributed by atoms with Crippen LogP contribution in [0.1, 0.15) is 11.1 Å². The number of hydrogen-bond acceptors (Lipinski definition) is 5. The molecular formula is C14H6ClN3O2S. The molecule has 0 saturated carbocycles. The van der Waals surface area contributed by atoms with Crippen molar-refractivity contribution in [3.05, 3.63) is 62.7 Å². The van der Waals surface area contributed by atoms with Crippen molar-refractivity contribution in [3.63, 3.8) is 0 Å². The minimum absolute atomic E-state index is 0.00277. The first-order valence-corrected chi connectivity index (χ1v) is 6.80. The van der Waals surface area contributed by atoms with E-state index in [0.29, 0.717) is 9.92 Å². The van der Waals surface area contributed by atoms with E-state index in [1.165, 1.54) is 36.0 Å². The SMILES string of the molecule is N#Cc1cc(Cl)c(Sc2ccc([N+](=O)[O-])cc2)cc1C#N. The summed E-state index contributed by atoms with van der Waals surface area (Å²) in [6.45, 7) is 0. The summed E-state index contributed by atoms with van der Waals surface area (Å²) in [5, 5.41) is 28.9. The van der Waals surface area contributed by atoms with E-state index in [1.807, 2.05) is 12.1 Å². The summed E-state index contributed by atoms with van der Waals surface area (Å²) in [6.07, 6.45) is 0. The van der Waals surface area contributed by atoms with E-state index in [1.54, 1.807) is 12.1 Å². The van der Waals surface area contributed by atoms with Crippen LogP contribution in [0.2, 0.25) is 5.02 Å². The first-order chi connectivity index (χ1) is 10.0. The van der Waals surface area contributed by atoms with Crippen LogP contribution >= 0.6 is 23.4 Å². The maximum atomic E-state index is 10.6. The van der Waals surface area contributed by atoms with E-state index >= 15 is 0 Å². The molecular weight excluding hydrogens is 310 g/mol. The molecule has 0 aliphatic heterocycles. The monoisotopic (exact) mass is 315 g/mol. The molecule has 2 aromatic carbocycles. The van der Waals surface area contributed by atoms with Crippen molar-refractivity contribution in [2.24, 2.45) is 0 Å². The highest BCUT2D eigenvalue weighted by Gasteiger charge is 2.11. The number of nitriles is 2. The predicted molar refractivity (Wildman–Crippen MR) is 78.1 cm³/mol. The van der Waals surface area contributed by atoms with Crippen molar-refractivity contribution >= 4 is 29.1 Å². The van der Waals surface area contributed by atoms with Gasteiger partial charge in [-0.25, -0.2) is 0 Å². The van der Waals surface area contributed by atoms with E-state index in [9.17, 15) is 10.1 Å². The average Bonchev–Trinajstić information content (AvgIpc) is 2.49. The molecule has 0 amide bonds. The second kappa shape index (κ2) is 6.27. The van der Waals surface area contributed by atoms with E-state index in [0.717, 1.165) is 4.90 Å². The minimum atomic E-state index is -0.475. The maximum absolute atomic E-state index is 10.6. The lowest BCUT2D eigenvalue weighted by Gasteiger charge is -2.06. The largest absolute Gasteiger partial charge is 0.269 e. The fourth-order valence-corrected chi connectivity index (χ4v) is 2.72. The van der Waals surface area contributed by atoms with Crippen molar-refractivity contribution in [2.45, 2.75) is 9.79 Å². The Morgan fingerprint density at radius 3 is 2.19 bits per heavy atom. The van der Waals surface area contributed by atoms with E-state index < -0.39 is 4.92 Å². The second-order valence-corrected chi connectivity index (χ2v) is 5.43.